The van der Waals surface area contributed by atoms with Gasteiger partial charge >= 0.3 is 0 Å². The molecule has 1 amide bonds. The molecule has 128 valence electrons. The summed E-state index contributed by atoms with van der Waals surface area (Å²) in [6.07, 6.45) is 3.33. The number of hydrogen-bond acceptors (Lipinski definition) is 3. The molecule has 1 saturated heterocycles. The number of benzene rings is 1. The Morgan fingerprint density at radius 2 is 1.87 bits per heavy atom. The van der Waals surface area contributed by atoms with Gasteiger partial charge in [-0.05, 0) is 37.0 Å². The van der Waals surface area contributed by atoms with Crippen LogP contribution < -0.4 is 10.2 Å². The number of aliphatic hydroxyl groups excluding tert-OH is 1. The molecule has 2 atom stereocenters. The van der Waals surface area contributed by atoms with Crippen LogP contribution in [0, 0.1) is 5.92 Å². The maximum Gasteiger partial charge on any atom is 0.227 e. The van der Waals surface area contributed by atoms with Crippen LogP contribution in [0.5, 0.6) is 0 Å². The van der Waals surface area contributed by atoms with Crippen molar-refractivity contribution in [3.63, 3.8) is 0 Å². The van der Waals surface area contributed by atoms with E-state index < -0.39 is 0 Å². The zero-order valence-electron chi connectivity index (χ0n) is 14.6. The zero-order valence-corrected chi connectivity index (χ0v) is 14.6. The van der Waals surface area contributed by atoms with Crippen LogP contribution in [0.1, 0.15) is 58.1 Å². The van der Waals surface area contributed by atoms with Gasteiger partial charge in [0.25, 0.3) is 0 Å². The minimum atomic E-state index is -0.297. The van der Waals surface area contributed by atoms with E-state index in [0.717, 1.165) is 31.5 Å². The number of hydrogen-bond donors (Lipinski definition) is 2. The predicted octanol–water partition coefficient (Wildman–Crippen LogP) is 3.26. The van der Waals surface area contributed by atoms with Crippen LogP contribution in [-0.2, 0) is 4.79 Å². The van der Waals surface area contributed by atoms with Crippen LogP contribution in [0.2, 0.25) is 0 Å². The highest BCUT2D eigenvalue weighted by Crippen LogP contribution is 2.23. The van der Waals surface area contributed by atoms with E-state index in [1.165, 1.54) is 5.56 Å². The second kappa shape index (κ2) is 8.46. The lowest BCUT2D eigenvalue weighted by atomic mass is 9.96. The second-order valence-corrected chi connectivity index (χ2v) is 6.51. The third kappa shape index (κ3) is 4.55. The first-order valence-electron chi connectivity index (χ1n) is 8.88. The molecule has 4 nitrogen and oxygen atoms in total. The highest BCUT2D eigenvalue weighted by atomic mass is 16.3. The van der Waals surface area contributed by atoms with Crippen molar-refractivity contribution in [3.05, 3.63) is 29.8 Å². The van der Waals surface area contributed by atoms with Crippen molar-refractivity contribution in [2.75, 3.05) is 18.0 Å². The summed E-state index contributed by atoms with van der Waals surface area (Å²) in [6, 6.07) is 8.37. The minimum Gasteiger partial charge on any atom is -0.392 e. The molecule has 4 heteroatoms. The number of nitrogens with one attached hydrogen (secondary N) is 1. The molecule has 1 aromatic rings. The van der Waals surface area contributed by atoms with Gasteiger partial charge in [-0.25, -0.2) is 0 Å². The van der Waals surface area contributed by atoms with E-state index in [2.05, 4.69) is 38.2 Å². The van der Waals surface area contributed by atoms with Crippen molar-refractivity contribution in [1.29, 1.82) is 0 Å². The molecular weight excluding hydrogens is 288 g/mol. The summed E-state index contributed by atoms with van der Waals surface area (Å²) in [5.41, 5.74) is 2.16. The van der Waals surface area contributed by atoms with Crippen LogP contribution in [0.15, 0.2) is 24.3 Å². The van der Waals surface area contributed by atoms with E-state index in [1.807, 2.05) is 17.0 Å². The molecule has 2 unspecified atom stereocenters. The van der Waals surface area contributed by atoms with Gasteiger partial charge < -0.3 is 15.3 Å². The largest absolute Gasteiger partial charge is 0.392 e. The van der Waals surface area contributed by atoms with Crippen molar-refractivity contribution >= 4 is 11.6 Å². The third-order valence-electron chi connectivity index (χ3n) is 5.00. The number of carbonyl (C=O) groups is 1. The Labute approximate surface area is 139 Å². The normalized spacial score (nSPS) is 17.8. The van der Waals surface area contributed by atoms with E-state index in [-0.39, 0.29) is 18.1 Å². The summed E-state index contributed by atoms with van der Waals surface area (Å²) in [6.45, 7) is 7.79. The van der Waals surface area contributed by atoms with Gasteiger partial charge in [0.1, 0.15) is 0 Å². The van der Waals surface area contributed by atoms with Crippen LogP contribution in [-0.4, -0.2) is 30.2 Å². The van der Waals surface area contributed by atoms with Crippen molar-refractivity contribution in [2.24, 2.45) is 5.92 Å². The Hall–Kier alpha value is -1.39. The maximum absolute atomic E-state index is 11.8. The molecule has 0 radical (unpaired) electrons. The van der Waals surface area contributed by atoms with Gasteiger partial charge in [0, 0.05) is 31.2 Å². The Balaban J connectivity index is 1.90. The van der Waals surface area contributed by atoms with Crippen molar-refractivity contribution in [3.8, 4) is 0 Å². The summed E-state index contributed by atoms with van der Waals surface area (Å²) in [7, 11) is 0. The number of amides is 1. The monoisotopic (exact) mass is 318 g/mol. The lowest BCUT2D eigenvalue weighted by Crippen LogP contribution is -2.34. The van der Waals surface area contributed by atoms with E-state index in [1.54, 1.807) is 0 Å². The molecule has 1 aliphatic rings. The lowest BCUT2D eigenvalue weighted by molar-refractivity contribution is -0.117. The van der Waals surface area contributed by atoms with Crippen LogP contribution in [0.3, 0.4) is 0 Å². The van der Waals surface area contributed by atoms with Gasteiger partial charge in [0.15, 0.2) is 0 Å². The van der Waals surface area contributed by atoms with Gasteiger partial charge in [-0.15, -0.1) is 0 Å². The molecule has 0 aromatic heterocycles. The first-order chi connectivity index (χ1) is 11.1. The molecule has 0 saturated carbocycles. The fourth-order valence-corrected chi connectivity index (χ4v) is 3.28. The molecule has 0 spiro atoms. The number of nitrogens with zero attached hydrogens (tertiary/aromatic N) is 1. The Bertz CT molecular complexity index is 497. The van der Waals surface area contributed by atoms with Crippen LogP contribution in [0.25, 0.3) is 0 Å². The average molecular weight is 318 g/mol. The first kappa shape index (κ1) is 18.0. The topological polar surface area (TPSA) is 52.6 Å². The fraction of sp³-hybridized carbons (Fsp3) is 0.632. The van der Waals surface area contributed by atoms with Crippen molar-refractivity contribution in [2.45, 2.75) is 58.6 Å². The summed E-state index contributed by atoms with van der Waals surface area (Å²) < 4.78 is 0. The van der Waals surface area contributed by atoms with E-state index in [0.29, 0.717) is 18.9 Å². The molecule has 1 aliphatic heterocycles. The van der Waals surface area contributed by atoms with Gasteiger partial charge in [-0.1, -0.05) is 38.8 Å². The molecule has 0 bridgehead atoms. The van der Waals surface area contributed by atoms with E-state index in [4.69, 9.17) is 0 Å². The van der Waals surface area contributed by atoms with Gasteiger partial charge in [0.05, 0.1) is 6.10 Å². The van der Waals surface area contributed by atoms with Crippen LogP contribution in [0.4, 0.5) is 5.69 Å². The average Bonchev–Trinajstić information content (AvgIpc) is 3.00. The molecular formula is C19H30N2O2. The Morgan fingerprint density at radius 1 is 1.22 bits per heavy atom. The van der Waals surface area contributed by atoms with E-state index >= 15 is 0 Å². The fourth-order valence-electron chi connectivity index (χ4n) is 3.28. The molecule has 0 aliphatic carbocycles. The van der Waals surface area contributed by atoms with Crippen molar-refractivity contribution < 1.29 is 9.90 Å². The maximum atomic E-state index is 11.8. The quantitative estimate of drug-likeness (QED) is 0.773. The summed E-state index contributed by atoms with van der Waals surface area (Å²) in [4.78, 5) is 13.6. The summed E-state index contributed by atoms with van der Waals surface area (Å²) in [5, 5.41) is 13.6. The number of rotatable bonds is 8. The summed E-state index contributed by atoms with van der Waals surface area (Å²) >= 11 is 0. The SMILES string of the molecule is CCC(CC)C(O)CNC(C)c1ccc(N2CCCC2=O)cc1. The summed E-state index contributed by atoms with van der Waals surface area (Å²) in [5.74, 6) is 0.579. The molecule has 23 heavy (non-hydrogen) atoms. The van der Waals surface area contributed by atoms with Gasteiger partial charge in [0.2, 0.25) is 5.91 Å². The number of aliphatic hydroxyl groups is 1. The molecule has 2 N–H and O–H groups in total. The number of anilines is 1. The highest BCUT2D eigenvalue weighted by molar-refractivity contribution is 5.95. The van der Waals surface area contributed by atoms with Gasteiger partial charge in [-0.3, -0.25) is 4.79 Å². The van der Waals surface area contributed by atoms with E-state index in [9.17, 15) is 9.90 Å². The lowest BCUT2D eigenvalue weighted by Gasteiger charge is -2.23. The highest BCUT2D eigenvalue weighted by Gasteiger charge is 2.21. The van der Waals surface area contributed by atoms with Crippen LogP contribution >= 0.6 is 0 Å². The Kier molecular flexibility index (Phi) is 6.60. The molecule has 1 fully saturated rings. The minimum absolute atomic E-state index is 0.183. The van der Waals surface area contributed by atoms with Crippen molar-refractivity contribution in [1.82, 2.24) is 5.32 Å². The zero-order chi connectivity index (χ0) is 16.8. The smallest absolute Gasteiger partial charge is 0.227 e. The van der Waals surface area contributed by atoms with Gasteiger partial charge in [-0.2, -0.15) is 0 Å². The number of carbonyl (C=O) groups excluding carboxylic acids is 1. The second-order valence-electron chi connectivity index (χ2n) is 6.51. The third-order valence-corrected chi connectivity index (χ3v) is 5.00. The Morgan fingerprint density at radius 3 is 2.39 bits per heavy atom. The molecule has 1 heterocycles. The first-order valence-corrected chi connectivity index (χ1v) is 8.88. The molecule has 2 rings (SSSR count). The standard InChI is InChI=1S/C19H30N2O2/c1-4-15(5-2)18(22)13-20-14(3)16-8-10-17(11-9-16)21-12-6-7-19(21)23/h8-11,14-15,18,20,22H,4-7,12-13H2,1-3H3. The predicted molar refractivity (Wildman–Crippen MR) is 94.5 cm³/mol. The molecule has 1 aromatic carbocycles.